The van der Waals surface area contributed by atoms with Gasteiger partial charge in [-0.3, -0.25) is 4.79 Å². The molecule has 3 heteroatoms. The second-order valence-electron chi connectivity index (χ2n) is 5.47. The van der Waals surface area contributed by atoms with Gasteiger partial charge in [-0.2, -0.15) is 0 Å². The van der Waals surface area contributed by atoms with Gasteiger partial charge in [0.05, 0.1) is 0 Å². The van der Waals surface area contributed by atoms with Crippen LogP contribution in [0.5, 0.6) is 0 Å². The molecule has 1 atom stereocenters. The number of nitrogens with one attached hydrogen (secondary N) is 1. The summed E-state index contributed by atoms with van der Waals surface area (Å²) in [7, 11) is 0. The molecule has 1 N–H and O–H groups in total. The maximum Gasteiger partial charge on any atom is 0.222 e. The lowest BCUT2D eigenvalue weighted by atomic mass is 10.0. The summed E-state index contributed by atoms with van der Waals surface area (Å²) >= 11 is 0. The minimum absolute atomic E-state index is 0.241. The Morgan fingerprint density at radius 2 is 1.95 bits per heavy atom. The Bertz CT molecular complexity index is 436. The third-order valence-corrected chi connectivity index (χ3v) is 3.67. The van der Waals surface area contributed by atoms with Crippen molar-refractivity contribution in [1.82, 2.24) is 10.2 Å². The highest BCUT2D eigenvalue weighted by molar-refractivity contribution is 5.78. The summed E-state index contributed by atoms with van der Waals surface area (Å²) in [6, 6.07) is 6.88. The summed E-state index contributed by atoms with van der Waals surface area (Å²) in [5.74, 6) is 0.298. The summed E-state index contributed by atoms with van der Waals surface area (Å²) in [5, 5.41) is 3.51. The molecule has 3 nitrogen and oxygen atoms in total. The number of hydrogen-bond acceptors (Lipinski definition) is 2. The minimum Gasteiger partial charge on any atom is -0.341 e. The van der Waals surface area contributed by atoms with Crippen LogP contribution in [0.1, 0.15) is 42.5 Å². The Morgan fingerprint density at radius 3 is 2.47 bits per heavy atom. The molecule has 1 unspecified atom stereocenters. The van der Waals surface area contributed by atoms with Crippen molar-refractivity contribution in [3.05, 3.63) is 34.9 Å². The fourth-order valence-corrected chi connectivity index (χ4v) is 2.86. The molecule has 2 rings (SSSR count). The lowest BCUT2D eigenvalue weighted by Gasteiger charge is -2.25. The topological polar surface area (TPSA) is 32.3 Å². The third kappa shape index (κ3) is 3.57. The van der Waals surface area contributed by atoms with E-state index < -0.39 is 0 Å². The van der Waals surface area contributed by atoms with Crippen LogP contribution in [-0.4, -0.2) is 30.4 Å². The van der Waals surface area contributed by atoms with Crippen LogP contribution in [0.15, 0.2) is 18.2 Å². The number of amides is 1. The van der Waals surface area contributed by atoms with Gasteiger partial charge in [-0.1, -0.05) is 36.2 Å². The molecule has 1 heterocycles. The highest BCUT2D eigenvalue weighted by Gasteiger charge is 2.23. The van der Waals surface area contributed by atoms with Crippen molar-refractivity contribution in [1.29, 1.82) is 0 Å². The van der Waals surface area contributed by atoms with Gasteiger partial charge in [-0.25, -0.2) is 0 Å². The lowest BCUT2D eigenvalue weighted by molar-refractivity contribution is -0.128. The van der Waals surface area contributed by atoms with E-state index in [2.05, 4.69) is 44.3 Å². The number of benzene rings is 1. The van der Waals surface area contributed by atoms with Crippen LogP contribution in [-0.2, 0) is 4.79 Å². The van der Waals surface area contributed by atoms with Crippen molar-refractivity contribution < 1.29 is 4.79 Å². The third-order valence-electron chi connectivity index (χ3n) is 3.67. The molecule has 1 fully saturated rings. The molecule has 104 valence electrons. The Hall–Kier alpha value is -1.35. The van der Waals surface area contributed by atoms with Gasteiger partial charge >= 0.3 is 0 Å². The number of hydrogen-bond donors (Lipinski definition) is 1. The second kappa shape index (κ2) is 6.20. The van der Waals surface area contributed by atoms with Gasteiger partial charge < -0.3 is 10.2 Å². The molecular weight excluding hydrogens is 236 g/mol. The van der Waals surface area contributed by atoms with Crippen molar-refractivity contribution >= 4 is 5.91 Å². The summed E-state index contributed by atoms with van der Waals surface area (Å²) < 4.78 is 0. The zero-order chi connectivity index (χ0) is 13.8. The Labute approximate surface area is 116 Å². The predicted octanol–water partition coefficient (Wildman–Crippen LogP) is 2.58. The van der Waals surface area contributed by atoms with Crippen LogP contribution >= 0.6 is 0 Å². The second-order valence-corrected chi connectivity index (χ2v) is 5.47. The van der Waals surface area contributed by atoms with Crippen molar-refractivity contribution in [3.8, 4) is 0 Å². The van der Waals surface area contributed by atoms with Gasteiger partial charge in [0.15, 0.2) is 0 Å². The molecule has 1 saturated heterocycles. The van der Waals surface area contributed by atoms with Gasteiger partial charge in [0.25, 0.3) is 0 Å². The van der Waals surface area contributed by atoms with Crippen molar-refractivity contribution in [2.24, 2.45) is 0 Å². The van der Waals surface area contributed by atoms with Crippen LogP contribution in [0.25, 0.3) is 0 Å². The zero-order valence-corrected chi connectivity index (χ0v) is 12.2. The molecule has 1 aliphatic rings. The van der Waals surface area contributed by atoms with Gasteiger partial charge in [-0.05, 0) is 32.4 Å². The SMILES string of the molecule is CCNC(CN1CCCC1=O)c1cc(C)cc(C)c1. The summed E-state index contributed by atoms with van der Waals surface area (Å²) in [4.78, 5) is 13.8. The van der Waals surface area contributed by atoms with Crippen molar-refractivity contribution in [2.75, 3.05) is 19.6 Å². The van der Waals surface area contributed by atoms with Crippen LogP contribution in [0.4, 0.5) is 0 Å². The lowest BCUT2D eigenvalue weighted by Crippen LogP contribution is -2.36. The first-order chi connectivity index (χ1) is 9.10. The molecule has 0 bridgehead atoms. The summed E-state index contributed by atoms with van der Waals surface area (Å²) in [5.41, 5.74) is 3.86. The van der Waals surface area contributed by atoms with E-state index in [1.54, 1.807) is 0 Å². The van der Waals surface area contributed by atoms with E-state index >= 15 is 0 Å². The molecule has 1 aromatic carbocycles. The monoisotopic (exact) mass is 260 g/mol. The number of rotatable bonds is 5. The smallest absolute Gasteiger partial charge is 0.222 e. The molecule has 19 heavy (non-hydrogen) atoms. The summed E-state index contributed by atoms with van der Waals surface area (Å²) in [6.45, 7) is 8.98. The summed E-state index contributed by atoms with van der Waals surface area (Å²) in [6.07, 6.45) is 1.72. The first-order valence-corrected chi connectivity index (χ1v) is 7.19. The fourth-order valence-electron chi connectivity index (χ4n) is 2.86. The van der Waals surface area contributed by atoms with Crippen LogP contribution in [0, 0.1) is 13.8 Å². The predicted molar refractivity (Wildman–Crippen MR) is 78.1 cm³/mol. The number of nitrogens with zero attached hydrogens (tertiary/aromatic N) is 1. The number of likely N-dealkylation sites (N-methyl/N-ethyl adjacent to an activating group) is 1. The molecule has 1 aromatic rings. The number of carbonyl (C=O) groups excluding carboxylic acids is 1. The fraction of sp³-hybridized carbons (Fsp3) is 0.562. The normalized spacial score (nSPS) is 17.0. The zero-order valence-electron chi connectivity index (χ0n) is 12.2. The van der Waals surface area contributed by atoms with E-state index in [-0.39, 0.29) is 6.04 Å². The quantitative estimate of drug-likeness (QED) is 0.882. The molecule has 1 amide bonds. The van der Waals surface area contributed by atoms with E-state index in [4.69, 9.17) is 0 Å². The van der Waals surface area contributed by atoms with Gasteiger partial charge in [0.2, 0.25) is 5.91 Å². The van der Waals surface area contributed by atoms with Crippen LogP contribution in [0.2, 0.25) is 0 Å². The molecule has 0 spiro atoms. The van der Waals surface area contributed by atoms with Gasteiger partial charge in [-0.15, -0.1) is 0 Å². The van der Waals surface area contributed by atoms with Crippen LogP contribution < -0.4 is 5.32 Å². The molecule has 0 aliphatic carbocycles. The average Bonchev–Trinajstić information content (AvgIpc) is 2.73. The molecule has 1 aliphatic heterocycles. The van der Waals surface area contributed by atoms with E-state index in [1.165, 1.54) is 16.7 Å². The van der Waals surface area contributed by atoms with E-state index in [0.717, 1.165) is 26.1 Å². The molecule has 0 radical (unpaired) electrons. The molecular formula is C16H24N2O. The van der Waals surface area contributed by atoms with Crippen molar-refractivity contribution in [3.63, 3.8) is 0 Å². The van der Waals surface area contributed by atoms with Gasteiger partial charge in [0.1, 0.15) is 0 Å². The Balaban J connectivity index is 2.16. The maximum absolute atomic E-state index is 11.8. The van der Waals surface area contributed by atoms with E-state index in [9.17, 15) is 4.79 Å². The largest absolute Gasteiger partial charge is 0.341 e. The van der Waals surface area contributed by atoms with Crippen LogP contribution in [0.3, 0.4) is 0 Å². The highest BCUT2D eigenvalue weighted by Crippen LogP contribution is 2.20. The first-order valence-electron chi connectivity index (χ1n) is 7.19. The van der Waals surface area contributed by atoms with E-state index in [0.29, 0.717) is 12.3 Å². The Kier molecular flexibility index (Phi) is 4.59. The van der Waals surface area contributed by atoms with E-state index in [1.807, 2.05) is 4.90 Å². The first kappa shape index (κ1) is 14.1. The Morgan fingerprint density at radius 1 is 1.26 bits per heavy atom. The highest BCUT2D eigenvalue weighted by atomic mass is 16.2. The number of likely N-dealkylation sites (tertiary alicyclic amines) is 1. The minimum atomic E-state index is 0.241. The average molecular weight is 260 g/mol. The molecule has 0 aromatic heterocycles. The number of aryl methyl sites for hydroxylation is 2. The number of carbonyl (C=O) groups is 1. The molecule has 0 saturated carbocycles. The van der Waals surface area contributed by atoms with Gasteiger partial charge in [0, 0.05) is 25.6 Å². The maximum atomic E-state index is 11.8. The standard InChI is InChI=1S/C16H24N2O/c1-4-17-15(11-18-7-5-6-16(18)19)14-9-12(2)8-13(3)10-14/h8-10,15,17H,4-7,11H2,1-3H3. The van der Waals surface area contributed by atoms with Crippen molar-refractivity contribution in [2.45, 2.75) is 39.7 Å².